The topological polar surface area (TPSA) is 52.6 Å². The molecule has 1 fully saturated rings. The quantitative estimate of drug-likeness (QED) is 0.860. The zero-order valence-electron chi connectivity index (χ0n) is 11.6. The number of para-hydroxylation sites is 1. The van der Waals surface area contributed by atoms with Crippen LogP contribution in [0.15, 0.2) is 24.3 Å². The molecule has 1 saturated heterocycles. The van der Waals surface area contributed by atoms with Crippen molar-refractivity contribution in [3.63, 3.8) is 0 Å². The molecule has 4 nitrogen and oxygen atoms in total. The first-order valence-corrected chi connectivity index (χ1v) is 6.91. The molecule has 2 unspecified atom stereocenters. The van der Waals surface area contributed by atoms with E-state index in [0.29, 0.717) is 11.6 Å². The van der Waals surface area contributed by atoms with Crippen LogP contribution < -0.4 is 5.32 Å². The smallest absolute Gasteiger partial charge is 0.321 e. The summed E-state index contributed by atoms with van der Waals surface area (Å²) in [5.74, 6) is 0.562. The number of hydrogen-bond acceptors (Lipinski definition) is 2. The number of rotatable bonds is 2. The molecule has 0 aromatic heterocycles. The number of likely N-dealkylation sites (tertiary alicyclic amines) is 1. The summed E-state index contributed by atoms with van der Waals surface area (Å²) < 4.78 is 0. The van der Waals surface area contributed by atoms with Crippen molar-refractivity contribution >= 4 is 11.7 Å². The van der Waals surface area contributed by atoms with Gasteiger partial charge in [0.2, 0.25) is 0 Å². The summed E-state index contributed by atoms with van der Waals surface area (Å²) in [7, 11) is 0. The second kappa shape index (κ2) is 6.06. The summed E-state index contributed by atoms with van der Waals surface area (Å²) in [5.41, 5.74) is 1.45. The van der Waals surface area contributed by atoms with E-state index in [2.05, 4.69) is 12.2 Å². The third-order valence-corrected chi connectivity index (χ3v) is 3.60. The number of aliphatic hydroxyl groups excluding tert-OH is 1. The van der Waals surface area contributed by atoms with Crippen molar-refractivity contribution in [2.24, 2.45) is 5.92 Å². The fourth-order valence-electron chi connectivity index (χ4n) is 2.54. The van der Waals surface area contributed by atoms with Crippen LogP contribution in [0.25, 0.3) is 0 Å². The number of carbonyl (C=O) groups is 1. The molecule has 0 bridgehead atoms. The van der Waals surface area contributed by atoms with Gasteiger partial charge < -0.3 is 15.3 Å². The fraction of sp³-hybridized carbons (Fsp3) is 0.533. The van der Waals surface area contributed by atoms with Gasteiger partial charge in [-0.3, -0.25) is 0 Å². The average molecular weight is 262 g/mol. The summed E-state index contributed by atoms with van der Waals surface area (Å²) in [6, 6.07) is 7.31. The molecular formula is C15H22N2O2. The first-order chi connectivity index (χ1) is 9.08. The highest BCUT2D eigenvalue weighted by Gasteiger charge is 2.21. The maximum absolute atomic E-state index is 12.2. The largest absolute Gasteiger partial charge is 0.389 e. The zero-order valence-corrected chi connectivity index (χ0v) is 11.6. The number of anilines is 1. The Balaban J connectivity index is 2.06. The molecule has 19 heavy (non-hydrogen) atoms. The molecule has 4 heteroatoms. The van der Waals surface area contributed by atoms with E-state index in [1.54, 1.807) is 6.92 Å². The molecular weight excluding hydrogens is 240 g/mol. The molecule has 1 aliphatic rings. The van der Waals surface area contributed by atoms with Crippen LogP contribution in [-0.2, 0) is 0 Å². The van der Waals surface area contributed by atoms with Crippen molar-refractivity contribution < 1.29 is 9.90 Å². The summed E-state index contributed by atoms with van der Waals surface area (Å²) in [6.07, 6.45) is 1.66. The lowest BCUT2D eigenvalue weighted by Gasteiger charge is -2.31. The Kier molecular flexibility index (Phi) is 4.43. The molecule has 1 aromatic rings. The fourth-order valence-corrected chi connectivity index (χ4v) is 2.54. The van der Waals surface area contributed by atoms with Crippen molar-refractivity contribution in [2.45, 2.75) is 32.8 Å². The normalized spacial score (nSPS) is 21.0. The number of aliphatic hydroxyl groups is 1. The first kappa shape index (κ1) is 13.9. The average Bonchev–Trinajstić information content (AvgIpc) is 2.39. The number of nitrogens with zero attached hydrogens (tertiary/aromatic N) is 1. The second-order valence-electron chi connectivity index (χ2n) is 5.39. The van der Waals surface area contributed by atoms with Crippen molar-refractivity contribution in [2.75, 3.05) is 18.4 Å². The number of amides is 2. The molecule has 0 spiro atoms. The number of nitrogens with one attached hydrogen (secondary N) is 1. The molecule has 2 amide bonds. The Hall–Kier alpha value is -1.55. The predicted molar refractivity (Wildman–Crippen MR) is 76.1 cm³/mol. The lowest BCUT2D eigenvalue weighted by Crippen LogP contribution is -2.41. The second-order valence-corrected chi connectivity index (χ2v) is 5.39. The van der Waals surface area contributed by atoms with Crippen molar-refractivity contribution in [3.8, 4) is 0 Å². The van der Waals surface area contributed by atoms with Crippen LogP contribution >= 0.6 is 0 Å². The summed E-state index contributed by atoms with van der Waals surface area (Å²) in [6.45, 7) is 5.49. The van der Waals surface area contributed by atoms with Gasteiger partial charge in [-0.1, -0.05) is 25.1 Å². The Bertz CT molecular complexity index is 446. The highest BCUT2D eigenvalue weighted by molar-refractivity contribution is 5.90. The van der Waals surface area contributed by atoms with E-state index in [1.807, 2.05) is 29.2 Å². The molecule has 0 saturated carbocycles. The van der Waals surface area contributed by atoms with Crippen LogP contribution in [0.4, 0.5) is 10.5 Å². The number of piperidine rings is 1. The van der Waals surface area contributed by atoms with Gasteiger partial charge in [0, 0.05) is 24.3 Å². The van der Waals surface area contributed by atoms with E-state index in [1.165, 1.54) is 6.42 Å². The molecule has 0 aliphatic carbocycles. The van der Waals surface area contributed by atoms with E-state index in [-0.39, 0.29) is 6.03 Å². The van der Waals surface area contributed by atoms with Crippen molar-refractivity contribution in [1.29, 1.82) is 0 Å². The minimum absolute atomic E-state index is 0.0698. The van der Waals surface area contributed by atoms with Gasteiger partial charge in [0.25, 0.3) is 0 Å². The summed E-state index contributed by atoms with van der Waals surface area (Å²) in [5, 5.41) is 12.6. The molecule has 2 rings (SSSR count). The van der Waals surface area contributed by atoms with Gasteiger partial charge in [0.15, 0.2) is 0 Å². The maximum atomic E-state index is 12.2. The summed E-state index contributed by atoms with van der Waals surface area (Å²) >= 11 is 0. The van der Waals surface area contributed by atoms with Gasteiger partial charge in [-0.25, -0.2) is 4.79 Å². The molecule has 1 heterocycles. The number of hydrogen-bond donors (Lipinski definition) is 2. The monoisotopic (exact) mass is 262 g/mol. The molecule has 2 atom stereocenters. The minimum atomic E-state index is -0.586. The Labute approximate surface area is 114 Å². The van der Waals surface area contributed by atoms with Gasteiger partial charge in [-0.05, 0) is 31.7 Å². The van der Waals surface area contributed by atoms with Crippen molar-refractivity contribution in [1.82, 2.24) is 4.90 Å². The van der Waals surface area contributed by atoms with Crippen LogP contribution in [-0.4, -0.2) is 29.1 Å². The van der Waals surface area contributed by atoms with Gasteiger partial charge in [0.05, 0.1) is 6.10 Å². The standard InChI is InChI=1S/C15H22N2O2/c1-11-6-5-9-17(10-11)15(19)16-14-8-4-3-7-13(14)12(2)18/h3-4,7-8,11-12,18H,5-6,9-10H2,1-2H3,(H,16,19). The van der Waals surface area contributed by atoms with Crippen LogP contribution in [0.3, 0.4) is 0 Å². The number of urea groups is 1. The Morgan fingerprint density at radius 2 is 2.21 bits per heavy atom. The molecule has 0 radical (unpaired) electrons. The highest BCUT2D eigenvalue weighted by atomic mass is 16.3. The Morgan fingerprint density at radius 3 is 2.89 bits per heavy atom. The third-order valence-electron chi connectivity index (χ3n) is 3.60. The van der Waals surface area contributed by atoms with Crippen LogP contribution in [0.2, 0.25) is 0 Å². The van der Waals surface area contributed by atoms with Gasteiger partial charge >= 0.3 is 6.03 Å². The molecule has 1 aromatic carbocycles. The van der Waals surface area contributed by atoms with Crippen LogP contribution in [0.1, 0.15) is 38.4 Å². The molecule has 2 N–H and O–H groups in total. The molecule has 104 valence electrons. The summed E-state index contributed by atoms with van der Waals surface area (Å²) in [4.78, 5) is 14.1. The van der Waals surface area contributed by atoms with E-state index in [0.717, 1.165) is 25.1 Å². The predicted octanol–water partition coefficient (Wildman–Crippen LogP) is 3.00. The maximum Gasteiger partial charge on any atom is 0.321 e. The van der Waals surface area contributed by atoms with Gasteiger partial charge in [-0.15, -0.1) is 0 Å². The van der Waals surface area contributed by atoms with E-state index >= 15 is 0 Å². The van der Waals surface area contributed by atoms with Gasteiger partial charge in [0.1, 0.15) is 0 Å². The zero-order chi connectivity index (χ0) is 13.8. The van der Waals surface area contributed by atoms with Crippen LogP contribution in [0.5, 0.6) is 0 Å². The van der Waals surface area contributed by atoms with Gasteiger partial charge in [-0.2, -0.15) is 0 Å². The minimum Gasteiger partial charge on any atom is -0.389 e. The van der Waals surface area contributed by atoms with E-state index in [4.69, 9.17) is 0 Å². The lowest BCUT2D eigenvalue weighted by molar-refractivity contribution is 0.182. The van der Waals surface area contributed by atoms with E-state index in [9.17, 15) is 9.90 Å². The lowest BCUT2D eigenvalue weighted by atomic mass is 10.0. The Morgan fingerprint density at radius 1 is 1.47 bits per heavy atom. The first-order valence-electron chi connectivity index (χ1n) is 6.91. The van der Waals surface area contributed by atoms with E-state index < -0.39 is 6.10 Å². The SMILES string of the molecule is CC1CCCN(C(=O)Nc2ccccc2C(C)O)C1. The highest BCUT2D eigenvalue weighted by Crippen LogP contribution is 2.23. The number of benzene rings is 1. The van der Waals surface area contributed by atoms with Crippen molar-refractivity contribution in [3.05, 3.63) is 29.8 Å². The van der Waals surface area contributed by atoms with Crippen LogP contribution in [0, 0.1) is 5.92 Å². The molecule has 1 aliphatic heterocycles. The number of carbonyl (C=O) groups excluding carboxylic acids is 1. The third kappa shape index (κ3) is 3.47.